The molecule has 86 valence electrons. The van der Waals surface area contributed by atoms with E-state index in [1.165, 1.54) is 13.0 Å². The molecule has 0 radical (unpaired) electrons. The number of carbonyl (C=O) groups excluding carboxylic acids is 1. The Hall–Kier alpha value is -2.02. The lowest BCUT2D eigenvalue weighted by Gasteiger charge is -2.08. The second-order valence-corrected chi connectivity index (χ2v) is 3.17. The van der Waals surface area contributed by atoms with Crippen LogP contribution in [0.5, 0.6) is 0 Å². The maximum atomic E-state index is 13.3. The number of nitrogens with zero attached hydrogens (tertiary/aromatic N) is 1. The fraction of sp³-hybridized carbons (Fsp3) is 0.222. The number of halogens is 1. The number of carbonyl (C=O) groups is 1. The van der Waals surface area contributed by atoms with Crippen LogP contribution in [0.2, 0.25) is 0 Å². The van der Waals surface area contributed by atoms with Gasteiger partial charge < -0.3 is 11.1 Å². The summed E-state index contributed by atoms with van der Waals surface area (Å²) < 4.78 is 13.3. The third-order valence-corrected chi connectivity index (χ3v) is 1.85. The topological polar surface area (TPSA) is 98.3 Å². The van der Waals surface area contributed by atoms with Gasteiger partial charge in [-0.15, -0.1) is 0 Å². The number of amides is 1. The van der Waals surface area contributed by atoms with E-state index in [1.807, 2.05) is 0 Å². The van der Waals surface area contributed by atoms with E-state index in [0.717, 1.165) is 12.1 Å². The van der Waals surface area contributed by atoms with Gasteiger partial charge in [-0.05, 0) is 13.0 Å². The summed E-state index contributed by atoms with van der Waals surface area (Å²) in [5.74, 6) is -1.56. The number of nitro groups is 1. The minimum atomic E-state index is -0.876. The van der Waals surface area contributed by atoms with E-state index in [2.05, 4.69) is 5.32 Å². The largest absolute Gasteiger partial charge is 0.320 e. The van der Waals surface area contributed by atoms with Crippen LogP contribution in [0, 0.1) is 15.9 Å². The van der Waals surface area contributed by atoms with Crippen LogP contribution in [0.3, 0.4) is 0 Å². The van der Waals surface area contributed by atoms with Crippen molar-refractivity contribution >= 4 is 17.3 Å². The SMILES string of the molecule is C[C@@H](N)C(=O)Nc1c(F)cccc1[N+](=O)[O-]. The maximum absolute atomic E-state index is 13.3. The van der Waals surface area contributed by atoms with Gasteiger partial charge >= 0.3 is 0 Å². The van der Waals surface area contributed by atoms with Crippen LogP contribution in [-0.2, 0) is 4.79 Å². The molecule has 0 unspecified atom stereocenters. The van der Waals surface area contributed by atoms with Crippen LogP contribution in [-0.4, -0.2) is 16.9 Å². The van der Waals surface area contributed by atoms with Crippen LogP contribution >= 0.6 is 0 Å². The number of nitrogens with one attached hydrogen (secondary N) is 1. The van der Waals surface area contributed by atoms with Crippen molar-refractivity contribution in [2.75, 3.05) is 5.32 Å². The number of hydrogen-bond donors (Lipinski definition) is 2. The second-order valence-electron chi connectivity index (χ2n) is 3.17. The maximum Gasteiger partial charge on any atom is 0.295 e. The van der Waals surface area contributed by atoms with Crippen LogP contribution < -0.4 is 11.1 Å². The van der Waals surface area contributed by atoms with Gasteiger partial charge in [0.05, 0.1) is 11.0 Å². The third kappa shape index (κ3) is 2.51. The van der Waals surface area contributed by atoms with Gasteiger partial charge in [-0.2, -0.15) is 0 Å². The molecule has 3 N–H and O–H groups in total. The smallest absolute Gasteiger partial charge is 0.295 e. The van der Waals surface area contributed by atoms with Crippen LogP contribution in [0.15, 0.2) is 18.2 Å². The van der Waals surface area contributed by atoms with Gasteiger partial charge in [0, 0.05) is 6.07 Å². The Balaban J connectivity index is 3.11. The van der Waals surface area contributed by atoms with E-state index in [1.54, 1.807) is 0 Å². The molecule has 0 aromatic heterocycles. The summed E-state index contributed by atoms with van der Waals surface area (Å²) in [6.07, 6.45) is 0. The molecule has 0 aliphatic rings. The van der Waals surface area contributed by atoms with Crippen molar-refractivity contribution < 1.29 is 14.1 Å². The Morgan fingerprint density at radius 1 is 1.62 bits per heavy atom. The van der Waals surface area contributed by atoms with E-state index < -0.39 is 34.1 Å². The molecule has 0 aliphatic heterocycles. The number of anilines is 1. The molecule has 7 heteroatoms. The lowest BCUT2D eigenvalue weighted by atomic mass is 10.2. The van der Waals surface area contributed by atoms with Gasteiger partial charge in [0.1, 0.15) is 0 Å². The molecule has 1 amide bonds. The Morgan fingerprint density at radius 3 is 2.75 bits per heavy atom. The van der Waals surface area contributed by atoms with E-state index in [-0.39, 0.29) is 0 Å². The van der Waals surface area contributed by atoms with Gasteiger partial charge in [-0.25, -0.2) is 4.39 Å². The molecule has 0 heterocycles. The highest BCUT2D eigenvalue weighted by Crippen LogP contribution is 2.26. The van der Waals surface area contributed by atoms with Crippen molar-refractivity contribution in [3.63, 3.8) is 0 Å². The lowest BCUT2D eigenvalue weighted by molar-refractivity contribution is -0.384. The van der Waals surface area contributed by atoms with Crippen LogP contribution in [0.25, 0.3) is 0 Å². The molecule has 6 nitrogen and oxygen atoms in total. The first-order chi connectivity index (χ1) is 7.43. The van der Waals surface area contributed by atoms with Gasteiger partial charge in [-0.1, -0.05) is 6.07 Å². The average Bonchev–Trinajstić information content (AvgIpc) is 2.20. The Morgan fingerprint density at radius 2 is 2.25 bits per heavy atom. The van der Waals surface area contributed by atoms with Crippen molar-refractivity contribution in [1.29, 1.82) is 0 Å². The first-order valence-corrected chi connectivity index (χ1v) is 4.43. The first-order valence-electron chi connectivity index (χ1n) is 4.43. The zero-order valence-corrected chi connectivity index (χ0v) is 8.44. The summed E-state index contributed by atoms with van der Waals surface area (Å²) in [5.41, 5.74) is 4.29. The number of nitrogens with two attached hydrogens (primary N) is 1. The fourth-order valence-corrected chi connectivity index (χ4v) is 1.03. The minimum Gasteiger partial charge on any atom is -0.320 e. The van der Waals surface area contributed by atoms with Crippen LogP contribution in [0.4, 0.5) is 15.8 Å². The average molecular weight is 227 g/mol. The summed E-state index contributed by atoms with van der Waals surface area (Å²) in [7, 11) is 0. The zero-order valence-electron chi connectivity index (χ0n) is 8.44. The van der Waals surface area contributed by atoms with Crippen molar-refractivity contribution in [3.05, 3.63) is 34.1 Å². The molecule has 0 saturated heterocycles. The highest BCUT2D eigenvalue weighted by Gasteiger charge is 2.20. The molecule has 0 spiro atoms. The van der Waals surface area contributed by atoms with E-state index >= 15 is 0 Å². The van der Waals surface area contributed by atoms with Crippen molar-refractivity contribution in [1.82, 2.24) is 0 Å². The molecule has 1 atom stereocenters. The van der Waals surface area contributed by atoms with Crippen molar-refractivity contribution in [3.8, 4) is 0 Å². The summed E-state index contributed by atoms with van der Waals surface area (Å²) in [6, 6.07) is 2.43. The second kappa shape index (κ2) is 4.67. The Kier molecular flexibility index (Phi) is 3.51. The first kappa shape index (κ1) is 12.1. The van der Waals surface area contributed by atoms with Gasteiger partial charge in [0.25, 0.3) is 5.69 Å². The minimum absolute atomic E-state index is 0.463. The molecule has 1 aromatic rings. The Bertz CT molecular complexity index is 434. The molecular weight excluding hydrogens is 217 g/mol. The number of benzene rings is 1. The number of para-hydroxylation sites is 1. The van der Waals surface area contributed by atoms with Gasteiger partial charge in [0.15, 0.2) is 11.5 Å². The van der Waals surface area contributed by atoms with Gasteiger partial charge in [0.2, 0.25) is 5.91 Å². The van der Waals surface area contributed by atoms with Gasteiger partial charge in [-0.3, -0.25) is 14.9 Å². The summed E-state index contributed by atoms with van der Waals surface area (Å²) >= 11 is 0. The molecule has 1 aromatic carbocycles. The molecule has 0 aliphatic carbocycles. The van der Waals surface area contributed by atoms with Crippen molar-refractivity contribution in [2.45, 2.75) is 13.0 Å². The zero-order chi connectivity index (χ0) is 12.3. The van der Waals surface area contributed by atoms with E-state index in [9.17, 15) is 19.3 Å². The summed E-state index contributed by atoms with van der Waals surface area (Å²) in [5, 5.41) is 12.7. The molecule has 1 rings (SSSR count). The van der Waals surface area contributed by atoms with Crippen LogP contribution in [0.1, 0.15) is 6.92 Å². The monoisotopic (exact) mass is 227 g/mol. The number of rotatable bonds is 3. The molecule has 0 fully saturated rings. The Labute approximate surface area is 90.4 Å². The number of nitro benzene ring substituents is 1. The predicted molar refractivity (Wildman–Crippen MR) is 55.3 cm³/mol. The summed E-state index contributed by atoms with van der Waals surface area (Å²) in [6.45, 7) is 1.39. The predicted octanol–water partition coefficient (Wildman–Crippen LogP) is 1.02. The fourth-order valence-electron chi connectivity index (χ4n) is 1.03. The van der Waals surface area contributed by atoms with E-state index in [4.69, 9.17) is 5.73 Å². The molecule has 16 heavy (non-hydrogen) atoms. The quantitative estimate of drug-likeness (QED) is 0.594. The van der Waals surface area contributed by atoms with E-state index in [0.29, 0.717) is 0 Å². The highest BCUT2D eigenvalue weighted by molar-refractivity contribution is 5.96. The normalized spacial score (nSPS) is 11.9. The van der Waals surface area contributed by atoms with Crippen molar-refractivity contribution in [2.24, 2.45) is 5.73 Å². The molecular formula is C9H10FN3O3. The molecule has 0 bridgehead atoms. The third-order valence-electron chi connectivity index (χ3n) is 1.85. The lowest BCUT2D eigenvalue weighted by Crippen LogP contribution is -2.33. The standard InChI is InChI=1S/C9H10FN3O3/c1-5(11)9(14)12-8-6(10)3-2-4-7(8)13(15)16/h2-5H,11H2,1H3,(H,12,14)/t5-/m1/s1. The number of hydrogen-bond acceptors (Lipinski definition) is 4. The molecule has 0 saturated carbocycles. The highest BCUT2D eigenvalue weighted by atomic mass is 19.1. The summed E-state index contributed by atoms with van der Waals surface area (Å²) in [4.78, 5) is 21.0.